The number of hydrogen-bond acceptors (Lipinski definition) is 7. The molecule has 0 saturated heterocycles. The molecule has 3 atom stereocenters. The standard InChI is InChI=1S/C25H34N2O6/c1-15(2)14-19(27-24(29)21-22(28)20(31-6)12-13-26-21)25(30)32-17(5)23(16(3)4)33-18-10-8-7-9-11-18/h7-13,15-17,19,23,28H,14H2,1-6H3,(H,27,29)/t17-,19-,23+/m0/s1. The van der Waals surface area contributed by atoms with Crippen molar-refractivity contribution in [1.29, 1.82) is 0 Å². The van der Waals surface area contributed by atoms with E-state index in [-0.39, 0.29) is 29.4 Å². The normalized spacial score (nSPS) is 13.8. The monoisotopic (exact) mass is 458 g/mol. The van der Waals surface area contributed by atoms with Gasteiger partial charge in [-0.05, 0) is 37.3 Å². The van der Waals surface area contributed by atoms with Crippen LogP contribution in [-0.2, 0) is 9.53 Å². The number of nitrogens with zero attached hydrogens (tertiary/aromatic N) is 1. The molecule has 0 bridgehead atoms. The minimum Gasteiger partial charge on any atom is -0.503 e. The lowest BCUT2D eigenvalue weighted by atomic mass is 10.0. The Balaban J connectivity index is 2.14. The molecule has 2 rings (SSSR count). The molecule has 0 unspecified atom stereocenters. The van der Waals surface area contributed by atoms with Crippen molar-refractivity contribution in [2.75, 3.05) is 7.11 Å². The number of rotatable bonds is 11. The fourth-order valence-electron chi connectivity index (χ4n) is 3.44. The van der Waals surface area contributed by atoms with Gasteiger partial charge in [0.2, 0.25) is 0 Å². The maximum Gasteiger partial charge on any atom is 0.329 e. The van der Waals surface area contributed by atoms with Crippen molar-refractivity contribution in [2.45, 2.75) is 59.3 Å². The minimum absolute atomic E-state index is 0.0732. The summed E-state index contributed by atoms with van der Waals surface area (Å²) in [5.41, 5.74) is -0.226. The Labute approximate surface area is 195 Å². The van der Waals surface area contributed by atoms with Crippen molar-refractivity contribution < 1.29 is 28.9 Å². The van der Waals surface area contributed by atoms with Crippen LogP contribution in [0.5, 0.6) is 17.2 Å². The summed E-state index contributed by atoms with van der Waals surface area (Å²) in [5.74, 6) is -0.679. The molecule has 33 heavy (non-hydrogen) atoms. The predicted octanol–water partition coefficient (Wildman–Crippen LogP) is 3.98. The Kier molecular flexibility index (Phi) is 9.51. The number of pyridine rings is 1. The van der Waals surface area contributed by atoms with Crippen LogP contribution in [0.1, 0.15) is 51.5 Å². The number of aromatic hydroxyl groups is 1. The highest BCUT2D eigenvalue weighted by atomic mass is 16.6. The van der Waals surface area contributed by atoms with Crippen LogP contribution in [-0.4, -0.2) is 47.3 Å². The molecule has 0 spiro atoms. The van der Waals surface area contributed by atoms with Crippen LogP contribution in [0.4, 0.5) is 0 Å². The van der Waals surface area contributed by atoms with Crippen LogP contribution in [0.3, 0.4) is 0 Å². The highest BCUT2D eigenvalue weighted by Crippen LogP contribution is 2.27. The number of carbonyl (C=O) groups is 2. The van der Waals surface area contributed by atoms with Gasteiger partial charge in [-0.25, -0.2) is 9.78 Å². The number of methoxy groups -OCH3 is 1. The SMILES string of the molecule is COc1ccnc(C(=O)N[C@@H](CC(C)C)C(=O)O[C@@H](C)[C@H](Oc2ccccc2)C(C)C)c1O. The molecule has 2 N–H and O–H groups in total. The molecule has 1 heterocycles. The summed E-state index contributed by atoms with van der Waals surface area (Å²) in [5, 5.41) is 12.9. The Morgan fingerprint density at radius 1 is 1.06 bits per heavy atom. The van der Waals surface area contributed by atoms with Crippen LogP contribution in [0, 0.1) is 11.8 Å². The van der Waals surface area contributed by atoms with Gasteiger partial charge in [0.05, 0.1) is 7.11 Å². The fourth-order valence-corrected chi connectivity index (χ4v) is 3.44. The molecule has 0 saturated carbocycles. The van der Waals surface area contributed by atoms with Crippen molar-refractivity contribution >= 4 is 11.9 Å². The van der Waals surface area contributed by atoms with Crippen molar-refractivity contribution in [3.8, 4) is 17.2 Å². The largest absolute Gasteiger partial charge is 0.503 e. The molecule has 8 nitrogen and oxygen atoms in total. The highest BCUT2D eigenvalue weighted by molar-refractivity contribution is 5.97. The smallest absolute Gasteiger partial charge is 0.329 e. The van der Waals surface area contributed by atoms with Crippen molar-refractivity contribution in [1.82, 2.24) is 10.3 Å². The van der Waals surface area contributed by atoms with Gasteiger partial charge in [-0.3, -0.25) is 4.79 Å². The van der Waals surface area contributed by atoms with Crippen LogP contribution < -0.4 is 14.8 Å². The Bertz CT molecular complexity index is 916. The van der Waals surface area contributed by atoms with E-state index in [1.54, 1.807) is 6.92 Å². The molecule has 1 aromatic heterocycles. The van der Waals surface area contributed by atoms with Gasteiger partial charge in [0.1, 0.15) is 24.0 Å². The van der Waals surface area contributed by atoms with Gasteiger partial charge in [0, 0.05) is 12.3 Å². The number of para-hydroxylation sites is 1. The third-order valence-electron chi connectivity index (χ3n) is 5.06. The highest BCUT2D eigenvalue weighted by Gasteiger charge is 2.31. The van der Waals surface area contributed by atoms with Crippen LogP contribution in [0.2, 0.25) is 0 Å². The zero-order valence-electron chi connectivity index (χ0n) is 20.1. The number of hydrogen-bond donors (Lipinski definition) is 2. The van der Waals surface area contributed by atoms with Crippen molar-refractivity contribution in [2.24, 2.45) is 11.8 Å². The van der Waals surface area contributed by atoms with Crippen LogP contribution >= 0.6 is 0 Å². The third-order valence-corrected chi connectivity index (χ3v) is 5.06. The number of carbonyl (C=O) groups excluding carboxylic acids is 2. The first-order valence-electron chi connectivity index (χ1n) is 11.1. The minimum atomic E-state index is -0.920. The summed E-state index contributed by atoms with van der Waals surface area (Å²) in [6, 6.07) is 9.86. The van der Waals surface area contributed by atoms with Gasteiger partial charge in [-0.15, -0.1) is 0 Å². The van der Waals surface area contributed by atoms with E-state index in [2.05, 4.69) is 10.3 Å². The molecule has 1 aromatic carbocycles. The lowest BCUT2D eigenvalue weighted by molar-refractivity contribution is -0.156. The van der Waals surface area contributed by atoms with Gasteiger partial charge >= 0.3 is 5.97 Å². The first-order chi connectivity index (χ1) is 15.6. The fraction of sp³-hybridized carbons (Fsp3) is 0.480. The second kappa shape index (κ2) is 12.1. The molecule has 180 valence electrons. The van der Waals surface area contributed by atoms with E-state index in [1.165, 1.54) is 19.4 Å². The predicted molar refractivity (Wildman–Crippen MR) is 124 cm³/mol. The molecule has 0 radical (unpaired) electrons. The average Bonchev–Trinajstić information content (AvgIpc) is 2.77. The molecular formula is C25H34N2O6. The molecule has 0 fully saturated rings. The Morgan fingerprint density at radius 3 is 2.30 bits per heavy atom. The van der Waals surface area contributed by atoms with E-state index >= 15 is 0 Å². The van der Waals surface area contributed by atoms with Crippen molar-refractivity contribution in [3.63, 3.8) is 0 Å². The van der Waals surface area contributed by atoms with E-state index in [0.717, 1.165) is 0 Å². The summed E-state index contributed by atoms with van der Waals surface area (Å²) in [6.07, 6.45) is 0.761. The number of benzene rings is 1. The first kappa shape index (κ1) is 26.0. The summed E-state index contributed by atoms with van der Waals surface area (Å²) in [4.78, 5) is 29.7. The van der Waals surface area contributed by atoms with E-state index in [4.69, 9.17) is 14.2 Å². The van der Waals surface area contributed by atoms with Crippen molar-refractivity contribution in [3.05, 3.63) is 48.3 Å². The van der Waals surface area contributed by atoms with E-state index in [9.17, 15) is 14.7 Å². The number of aromatic nitrogens is 1. The molecular weight excluding hydrogens is 424 g/mol. The molecule has 0 aliphatic heterocycles. The summed E-state index contributed by atoms with van der Waals surface area (Å²) < 4.78 is 16.8. The molecule has 2 aromatic rings. The molecule has 0 aliphatic carbocycles. The van der Waals surface area contributed by atoms with Gasteiger partial charge in [0.25, 0.3) is 5.91 Å². The maximum absolute atomic E-state index is 13.0. The number of nitrogens with one attached hydrogen (secondary N) is 1. The average molecular weight is 459 g/mol. The van der Waals surface area contributed by atoms with E-state index in [1.807, 2.05) is 58.0 Å². The zero-order chi connectivity index (χ0) is 24.5. The zero-order valence-corrected chi connectivity index (χ0v) is 20.1. The Morgan fingerprint density at radius 2 is 1.73 bits per heavy atom. The lowest BCUT2D eigenvalue weighted by Crippen LogP contribution is -2.46. The maximum atomic E-state index is 13.0. The van der Waals surface area contributed by atoms with E-state index < -0.39 is 29.8 Å². The topological polar surface area (TPSA) is 107 Å². The quantitative estimate of drug-likeness (QED) is 0.491. The van der Waals surface area contributed by atoms with E-state index in [0.29, 0.717) is 12.2 Å². The number of esters is 1. The summed E-state index contributed by atoms with van der Waals surface area (Å²) >= 11 is 0. The summed E-state index contributed by atoms with van der Waals surface area (Å²) in [7, 11) is 1.37. The lowest BCUT2D eigenvalue weighted by Gasteiger charge is -2.29. The second-order valence-corrected chi connectivity index (χ2v) is 8.65. The number of amides is 1. The Hall–Kier alpha value is -3.29. The van der Waals surface area contributed by atoms with Gasteiger partial charge in [-0.1, -0.05) is 45.9 Å². The van der Waals surface area contributed by atoms with Gasteiger partial charge in [0.15, 0.2) is 17.2 Å². The van der Waals surface area contributed by atoms with Crippen LogP contribution in [0.15, 0.2) is 42.6 Å². The van der Waals surface area contributed by atoms with Gasteiger partial charge in [-0.2, -0.15) is 0 Å². The molecule has 0 aliphatic rings. The number of ether oxygens (including phenoxy) is 3. The summed E-state index contributed by atoms with van der Waals surface area (Å²) in [6.45, 7) is 9.62. The molecule has 8 heteroatoms. The second-order valence-electron chi connectivity index (χ2n) is 8.65. The van der Waals surface area contributed by atoms with Crippen LogP contribution in [0.25, 0.3) is 0 Å². The third kappa shape index (κ3) is 7.37. The first-order valence-corrected chi connectivity index (χ1v) is 11.1. The molecule has 1 amide bonds. The van der Waals surface area contributed by atoms with Gasteiger partial charge < -0.3 is 24.6 Å².